The zero-order valence-electron chi connectivity index (χ0n) is 12.0. The fourth-order valence-electron chi connectivity index (χ4n) is 1.62. The molecule has 0 amide bonds. The van der Waals surface area contributed by atoms with Gasteiger partial charge in [-0.05, 0) is 31.0 Å². The van der Waals surface area contributed by atoms with Gasteiger partial charge >= 0.3 is 5.97 Å². The predicted molar refractivity (Wildman–Crippen MR) is 76.7 cm³/mol. The first kappa shape index (κ1) is 16.0. The van der Waals surface area contributed by atoms with Crippen LogP contribution in [0.1, 0.15) is 25.3 Å². The zero-order valence-corrected chi connectivity index (χ0v) is 12.0. The molecule has 0 N–H and O–H groups in total. The Labute approximate surface area is 119 Å². The summed E-state index contributed by atoms with van der Waals surface area (Å²) in [6.07, 6.45) is 1.32. The normalized spacial score (nSPS) is 9.90. The number of esters is 1. The van der Waals surface area contributed by atoms with Gasteiger partial charge in [0.1, 0.15) is 11.5 Å². The third-order valence-corrected chi connectivity index (χ3v) is 2.74. The lowest BCUT2D eigenvalue weighted by Gasteiger charge is -2.05. The number of ketones is 1. The third-order valence-electron chi connectivity index (χ3n) is 2.74. The van der Waals surface area contributed by atoms with Crippen molar-refractivity contribution in [2.75, 3.05) is 13.7 Å². The average Bonchev–Trinajstić information content (AvgIpc) is 2.44. The second-order valence-electron chi connectivity index (χ2n) is 4.58. The Balaban J connectivity index is 2.26. The number of methoxy groups -OCH3 is 1. The molecule has 108 valence electrons. The van der Waals surface area contributed by atoms with Gasteiger partial charge in [-0.25, -0.2) is 4.79 Å². The van der Waals surface area contributed by atoms with Gasteiger partial charge in [0.2, 0.25) is 0 Å². The molecule has 0 saturated heterocycles. The summed E-state index contributed by atoms with van der Waals surface area (Å²) in [5.74, 6) is 0.488. The van der Waals surface area contributed by atoms with Crippen molar-refractivity contribution in [2.24, 2.45) is 0 Å². The van der Waals surface area contributed by atoms with Gasteiger partial charge < -0.3 is 9.47 Å². The van der Waals surface area contributed by atoms with Crippen molar-refractivity contribution in [3.63, 3.8) is 0 Å². The highest BCUT2D eigenvalue weighted by Crippen LogP contribution is 2.12. The van der Waals surface area contributed by atoms with Crippen LogP contribution in [0.4, 0.5) is 0 Å². The highest BCUT2D eigenvalue weighted by atomic mass is 16.5. The van der Waals surface area contributed by atoms with Gasteiger partial charge in [0.15, 0.2) is 0 Å². The minimum Gasteiger partial charge on any atom is -0.497 e. The number of carbonyl (C=O) groups is 2. The molecule has 0 aromatic heterocycles. The van der Waals surface area contributed by atoms with Gasteiger partial charge in [0, 0.05) is 18.4 Å². The number of rotatable bonds is 8. The minimum absolute atomic E-state index is 0.126. The van der Waals surface area contributed by atoms with Crippen molar-refractivity contribution in [3.05, 3.63) is 42.0 Å². The first-order valence-electron chi connectivity index (χ1n) is 6.50. The molecule has 0 bridgehead atoms. The lowest BCUT2D eigenvalue weighted by atomic mass is 10.1. The second kappa shape index (κ2) is 8.15. The summed E-state index contributed by atoms with van der Waals surface area (Å²) in [6, 6.07) is 7.41. The summed E-state index contributed by atoms with van der Waals surface area (Å²) < 4.78 is 9.98. The standard InChI is InChI=1S/C16H20O4/c1-12(2)16(18)20-10-4-5-14(17)11-13-6-8-15(19-3)9-7-13/h6-9H,1,4-5,10-11H2,2-3H3. The molecule has 1 rings (SSSR count). The van der Waals surface area contributed by atoms with Crippen LogP contribution in [0.25, 0.3) is 0 Å². The fraction of sp³-hybridized carbons (Fsp3) is 0.375. The molecule has 0 aliphatic heterocycles. The Hall–Kier alpha value is -2.10. The van der Waals surface area contributed by atoms with Crippen LogP contribution in [-0.2, 0) is 20.7 Å². The maximum absolute atomic E-state index is 11.8. The molecular formula is C16H20O4. The van der Waals surface area contributed by atoms with E-state index in [4.69, 9.17) is 9.47 Å². The van der Waals surface area contributed by atoms with E-state index in [0.29, 0.717) is 24.8 Å². The zero-order chi connectivity index (χ0) is 15.0. The molecule has 0 unspecified atom stereocenters. The Kier molecular flexibility index (Phi) is 6.50. The van der Waals surface area contributed by atoms with Crippen LogP contribution in [-0.4, -0.2) is 25.5 Å². The molecule has 0 heterocycles. The molecule has 0 fully saturated rings. The van der Waals surface area contributed by atoms with E-state index in [1.54, 1.807) is 14.0 Å². The summed E-state index contributed by atoms with van der Waals surface area (Å²) in [5.41, 5.74) is 1.32. The summed E-state index contributed by atoms with van der Waals surface area (Å²) in [7, 11) is 1.60. The van der Waals surface area contributed by atoms with Crippen LogP contribution in [0.5, 0.6) is 5.75 Å². The first-order chi connectivity index (χ1) is 9.52. The molecule has 4 heteroatoms. The first-order valence-corrected chi connectivity index (χ1v) is 6.50. The van der Waals surface area contributed by atoms with Crippen molar-refractivity contribution in [1.29, 1.82) is 0 Å². The molecule has 0 aliphatic rings. The Bertz CT molecular complexity index is 474. The molecule has 0 atom stereocenters. The highest BCUT2D eigenvalue weighted by Gasteiger charge is 2.06. The van der Waals surface area contributed by atoms with Crippen LogP contribution >= 0.6 is 0 Å². The van der Waals surface area contributed by atoms with Gasteiger partial charge in [0.25, 0.3) is 0 Å². The van der Waals surface area contributed by atoms with Gasteiger partial charge in [-0.3, -0.25) is 4.79 Å². The molecule has 0 spiro atoms. The van der Waals surface area contributed by atoms with E-state index < -0.39 is 5.97 Å². The molecule has 0 aliphatic carbocycles. The smallest absolute Gasteiger partial charge is 0.333 e. The Morgan fingerprint density at radius 1 is 1.20 bits per heavy atom. The largest absolute Gasteiger partial charge is 0.497 e. The third kappa shape index (κ3) is 5.69. The van der Waals surface area contributed by atoms with E-state index in [0.717, 1.165) is 11.3 Å². The number of benzene rings is 1. The van der Waals surface area contributed by atoms with Crippen molar-refractivity contribution >= 4 is 11.8 Å². The fourth-order valence-corrected chi connectivity index (χ4v) is 1.62. The summed E-state index contributed by atoms with van der Waals surface area (Å²) in [6.45, 7) is 5.33. The van der Waals surface area contributed by atoms with E-state index in [-0.39, 0.29) is 12.4 Å². The number of hydrogen-bond acceptors (Lipinski definition) is 4. The summed E-state index contributed by atoms with van der Waals surface area (Å²) in [5, 5.41) is 0. The average molecular weight is 276 g/mol. The van der Waals surface area contributed by atoms with Crippen LogP contribution in [0.15, 0.2) is 36.4 Å². The predicted octanol–water partition coefficient (Wildman–Crippen LogP) is 2.71. The summed E-state index contributed by atoms with van der Waals surface area (Å²) in [4.78, 5) is 22.9. The van der Waals surface area contributed by atoms with Gasteiger partial charge in [-0.1, -0.05) is 18.7 Å². The molecule has 0 radical (unpaired) electrons. The van der Waals surface area contributed by atoms with Crippen LogP contribution < -0.4 is 4.74 Å². The molecule has 0 saturated carbocycles. The van der Waals surface area contributed by atoms with E-state index in [1.807, 2.05) is 24.3 Å². The molecule has 20 heavy (non-hydrogen) atoms. The Morgan fingerprint density at radius 2 is 1.85 bits per heavy atom. The lowest BCUT2D eigenvalue weighted by Crippen LogP contribution is -2.09. The maximum atomic E-state index is 11.8. The van der Waals surface area contributed by atoms with Gasteiger partial charge in [0.05, 0.1) is 13.7 Å². The molecule has 4 nitrogen and oxygen atoms in total. The SMILES string of the molecule is C=C(C)C(=O)OCCCC(=O)Cc1ccc(OC)cc1. The van der Waals surface area contributed by atoms with Crippen molar-refractivity contribution in [2.45, 2.75) is 26.2 Å². The highest BCUT2D eigenvalue weighted by molar-refractivity contribution is 5.87. The van der Waals surface area contributed by atoms with Gasteiger partial charge in [-0.15, -0.1) is 0 Å². The van der Waals surface area contributed by atoms with Crippen molar-refractivity contribution in [1.82, 2.24) is 0 Å². The summed E-state index contributed by atoms with van der Waals surface area (Å²) >= 11 is 0. The van der Waals surface area contributed by atoms with E-state index in [2.05, 4.69) is 6.58 Å². The number of ether oxygens (including phenoxy) is 2. The lowest BCUT2D eigenvalue weighted by molar-refractivity contribution is -0.139. The minimum atomic E-state index is -0.410. The monoisotopic (exact) mass is 276 g/mol. The molecular weight excluding hydrogens is 256 g/mol. The van der Waals surface area contributed by atoms with E-state index in [1.165, 1.54) is 0 Å². The number of hydrogen-bond donors (Lipinski definition) is 0. The van der Waals surface area contributed by atoms with Crippen LogP contribution in [0.2, 0.25) is 0 Å². The number of carbonyl (C=O) groups excluding carboxylic acids is 2. The number of Topliss-reactive ketones (excluding diaryl/α,β-unsaturated/α-hetero) is 1. The topological polar surface area (TPSA) is 52.6 Å². The second-order valence-corrected chi connectivity index (χ2v) is 4.58. The Morgan fingerprint density at radius 3 is 2.40 bits per heavy atom. The van der Waals surface area contributed by atoms with Crippen molar-refractivity contribution < 1.29 is 19.1 Å². The van der Waals surface area contributed by atoms with Crippen molar-refractivity contribution in [3.8, 4) is 5.75 Å². The molecule has 1 aromatic rings. The van der Waals surface area contributed by atoms with Crippen LogP contribution in [0.3, 0.4) is 0 Å². The quantitative estimate of drug-likeness (QED) is 0.416. The van der Waals surface area contributed by atoms with E-state index in [9.17, 15) is 9.59 Å². The van der Waals surface area contributed by atoms with Gasteiger partial charge in [-0.2, -0.15) is 0 Å². The van der Waals surface area contributed by atoms with Crippen LogP contribution in [0, 0.1) is 0 Å². The maximum Gasteiger partial charge on any atom is 0.333 e. The van der Waals surface area contributed by atoms with E-state index >= 15 is 0 Å². The molecule has 1 aromatic carbocycles.